The maximum Gasteiger partial charge on any atom is 0.248 e. The summed E-state index contributed by atoms with van der Waals surface area (Å²) in [5.74, 6) is -0.392. The Hall–Kier alpha value is -1.43. The minimum Gasteiger partial charge on any atom is -0.382 e. The van der Waals surface area contributed by atoms with Gasteiger partial charge in [0.25, 0.3) is 0 Å². The fourth-order valence-corrected chi connectivity index (χ4v) is 2.89. The molecule has 0 radical (unpaired) electrons. The highest BCUT2D eigenvalue weighted by molar-refractivity contribution is 5.92. The smallest absolute Gasteiger partial charge is 0.248 e. The molecule has 0 saturated carbocycles. The summed E-state index contributed by atoms with van der Waals surface area (Å²) in [5.41, 5.74) is 6.76. The summed E-state index contributed by atoms with van der Waals surface area (Å²) < 4.78 is 11.2. The van der Waals surface area contributed by atoms with E-state index in [-0.39, 0.29) is 11.7 Å². The standard InChI is InChI=1S/C16H24N2O3/c1-16(2)11-18(9-14(21-16)10-20-3)8-12-5-4-6-13(7-12)15(17)19/h4-7,14H,8-11H2,1-3H3,(H2,17,19). The van der Waals surface area contributed by atoms with Crippen LogP contribution in [-0.4, -0.2) is 49.3 Å². The van der Waals surface area contributed by atoms with Crippen LogP contribution in [0.2, 0.25) is 0 Å². The molecular weight excluding hydrogens is 268 g/mol. The Morgan fingerprint density at radius 3 is 2.95 bits per heavy atom. The number of morpholine rings is 1. The number of nitrogens with zero attached hydrogens (tertiary/aromatic N) is 1. The maximum atomic E-state index is 11.3. The number of hydrogen-bond donors (Lipinski definition) is 1. The van der Waals surface area contributed by atoms with E-state index in [1.807, 2.05) is 18.2 Å². The number of benzene rings is 1. The molecule has 1 saturated heterocycles. The van der Waals surface area contributed by atoms with Crippen molar-refractivity contribution in [2.75, 3.05) is 26.8 Å². The zero-order chi connectivity index (χ0) is 15.5. The van der Waals surface area contributed by atoms with Gasteiger partial charge in [0.2, 0.25) is 5.91 Å². The van der Waals surface area contributed by atoms with E-state index in [2.05, 4.69) is 18.7 Å². The Kier molecular flexibility index (Phi) is 4.98. The van der Waals surface area contributed by atoms with Gasteiger partial charge < -0.3 is 15.2 Å². The number of carbonyl (C=O) groups is 1. The Labute approximate surface area is 126 Å². The summed E-state index contributed by atoms with van der Waals surface area (Å²) >= 11 is 0. The van der Waals surface area contributed by atoms with E-state index in [9.17, 15) is 4.79 Å². The van der Waals surface area contributed by atoms with Gasteiger partial charge >= 0.3 is 0 Å². The third-order valence-electron chi connectivity index (χ3n) is 3.52. The number of methoxy groups -OCH3 is 1. The highest BCUT2D eigenvalue weighted by Crippen LogP contribution is 2.23. The van der Waals surface area contributed by atoms with Crippen molar-refractivity contribution < 1.29 is 14.3 Å². The summed E-state index contributed by atoms with van der Waals surface area (Å²) in [4.78, 5) is 13.6. The molecule has 0 aromatic heterocycles. The zero-order valence-corrected chi connectivity index (χ0v) is 13.0. The van der Waals surface area contributed by atoms with Crippen LogP contribution < -0.4 is 5.73 Å². The van der Waals surface area contributed by atoms with Crippen molar-refractivity contribution in [1.82, 2.24) is 4.90 Å². The minimum absolute atomic E-state index is 0.0677. The van der Waals surface area contributed by atoms with E-state index in [0.717, 1.165) is 25.2 Å². The summed E-state index contributed by atoms with van der Waals surface area (Å²) in [6, 6.07) is 7.48. The van der Waals surface area contributed by atoms with Crippen molar-refractivity contribution in [3.05, 3.63) is 35.4 Å². The molecule has 2 N–H and O–H groups in total. The Bertz CT molecular complexity index is 502. The molecule has 1 aromatic rings. The SMILES string of the molecule is COCC1CN(Cc2cccc(C(N)=O)c2)CC(C)(C)O1. The highest BCUT2D eigenvalue weighted by Gasteiger charge is 2.33. The number of primary amides is 1. The first kappa shape index (κ1) is 15.9. The molecule has 0 bridgehead atoms. The molecule has 2 rings (SSSR count). The summed E-state index contributed by atoms with van der Waals surface area (Å²) in [5, 5.41) is 0. The Balaban J connectivity index is 2.07. The first-order valence-corrected chi connectivity index (χ1v) is 7.17. The molecule has 5 nitrogen and oxygen atoms in total. The lowest BCUT2D eigenvalue weighted by Crippen LogP contribution is -2.53. The van der Waals surface area contributed by atoms with Crippen molar-refractivity contribution in [3.8, 4) is 0 Å². The molecule has 1 aliphatic heterocycles. The molecule has 21 heavy (non-hydrogen) atoms. The van der Waals surface area contributed by atoms with Gasteiger partial charge in [0.15, 0.2) is 0 Å². The normalized spacial score (nSPS) is 22.1. The largest absolute Gasteiger partial charge is 0.382 e. The van der Waals surface area contributed by atoms with Crippen molar-refractivity contribution in [2.45, 2.75) is 32.1 Å². The molecule has 1 unspecified atom stereocenters. The number of rotatable bonds is 5. The number of carbonyl (C=O) groups excluding carboxylic acids is 1. The van der Waals surface area contributed by atoms with Crippen LogP contribution in [0.4, 0.5) is 0 Å². The van der Waals surface area contributed by atoms with Gasteiger partial charge in [-0.15, -0.1) is 0 Å². The van der Waals surface area contributed by atoms with Gasteiger partial charge in [-0.3, -0.25) is 9.69 Å². The van der Waals surface area contributed by atoms with Crippen molar-refractivity contribution in [2.24, 2.45) is 5.73 Å². The molecule has 0 aliphatic carbocycles. The van der Waals surface area contributed by atoms with Crippen LogP contribution >= 0.6 is 0 Å². The minimum atomic E-state index is -0.392. The second-order valence-electron chi connectivity index (χ2n) is 6.19. The van der Waals surface area contributed by atoms with Gasteiger partial charge in [0.1, 0.15) is 0 Å². The van der Waals surface area contributed by atoms with Crippen LogP contribution in [0.1, 0.15) is 29.8 Å². The van der Waals surface area contributed by atoms with Gasteiger partial charge in [0, 0.05) is 32.3 Å². The molecule has 116 valence electrons. The second-order valence-corrected chi connectivity index (χ2v) is 6.19. The lowest BCUT2D eigenvalue weighted by atomic mass is 10.0. The molecule has 1 aromatic carbocycles. The monoisotopic (exact) mass is 292 g/mol. The van der Waals surface area contributed by atoms with Gasteiger partial charge in [-0.2, -0.15) is 0 Å². The zero-order valence-electron chi connectivity index (χ0n) is 13.0. The Morgan fingerprint density at radius 2 is 2.29 bits per heavy atom. The van der Waals surface area contributed by atoms with Gasteiger partial charge in [-0.05, 0) is 31.5 Å². The number of amides is 1. The van der Waals surface area contributed by atoms with E-state index in [4.69, 9.17) is 15.2 Å². The van der Waals surface area contributed by atoms with E-state index < -0.39 is 5.91 Å². The number of nitrogens with two attached hydrogens (primary N) is 1. The topological polar surface area (TPSA) is 64.8 Å². The molecule has 0 spiro atoms. The first-order chi connectivity index (χ1) is 9.89. The number of hydrogen-bond acceptors (Lipinski definition) is 4. The summed E-state index contributed by atoms with van der Waals surface area (Å²) in [7, 11) is 1.69. The van der Waals surface area contributed by atoms with E-state index in [0.29, 0.717) is 12.2 Å². The van der Waals surface area contributed by atoms with Gasteiger partial charge in [0.05, 0.1) is 18.3 Å². The fourth-order valence-electron chi connectivity index (χ4n) is 2.89. The first-order valence-electron chi connectivity index (χ1n) is 7.17. The van der Waals surface area contributed by atoms with Crippen molar-refractivity contribution >= 4 is 5.91 Å². The molecule has 1 fully saturated rings. The molecule has 1 aliphatic rings. The van der Waals surface area contributed by atoms with E-state index >= 15 is 0 Å². The highest BCUT2D eigenvalue weighted by atomic mass is 16.5. The molecule has 5 heteroatoms. The summed E-state index contributed by atoms with van der Waals surface area (Å²) in [6.45, 7) is 7.19. The van der Waals surface area contributed by atoms with Gasteiger partial charge in [-0.1, -0.05) is 12.1 Å². The predicted octanol–water partition coefficient (Wildman–Crippen LogP) is 1.41. The molecule has 1 amide bonds. The second kappa shape index (κ2) is 6.56. The van der Waals surface area contributed by atoms with Crippen LogP contribution in [-0.2, 0) is 16.0 Å². The molecule has 1 atom stereocenters. The average Bonchev–Trinajstić information content (AvgIpc) is 2.37. The fraction of sp³-hybridized carbons (Fsp3) is 0.562. The van der Waals surface area contributed by atoms with Crippen LogP contribution in [0.15, 0.2) is 24.3 Å². The number of ether oxygens (including phenoxy) is 2. The van der Waals surface area contributed by atoms with Crippen LogP contribution in [0.5, 0.6) is 0 Å². The molecule has 1 heterocycles. The average molecular weight is 292 g/mol. The van der Waals surface area contributed by atoms with E-state index in [1.54, 1.807) is 13.2 Å². The van der Waals surface area contributed by atoms with E-state index in [1.165, 1.54) is 0 Å². The molecular formula is C16H24N2O3. The maximum absolute atomic E-state index is 11.3. The third-order valence-corrected chi connectivity index (χ3v) is 3.52. The lowest BCUT2D eigenvalue weighted by Gasteiger charge is -2.42. The van der Waals surface area contributed by atoms with Crippen molar-refractivity contribution in [1.29, 1.82) is 0 Å². The van der Waals surface area contributed by atoms with Gasteiger partial charge in [-0.25, -0.2) is 0 Å². The van der Waals surface area contributed by atoms with Crippen LogP contribution in [0, 0.1) is 0 Å². The quantitative estimate of drug-likeness (QED) is 0.891. The summed E-state index contributed by atoms with van der Waals surface area (Å²) in [6.07, 6.45) is 0.0677. The van der Waals surface area contributed by atoms with Crippen molar-refractivity contribution in [3.63, 3.8) is 0 Å². The lowest BCUT2D eigenvalue weighted by molar-refractivity contribution is -0.154. The van der Waals surface area contributed by atoms with Crippen LogP contribution in [0.3, 0.4) is 0 Å². The van der Waals surface area contributed by atoms with Crippen LogP contribution in [0.25, 0.3) is 0 Å². The Morgan fingerprint density at radius 1 is 1.52 bits per heavy atom. The third kappa shape index (κ3) is 4.52. The predicted molar refractivity (Wildman–Crippen MR) is 81.1 cm³/mol.